The van der Waals surface area contributed by atoms with Crippen LogP contribution in [0.2, 0.25) is 0 Å². The van der Waals surface area contributed by atoms with Gasteiger partial charge in [-0.1, -0.05) is 29.8 Å². The highest BCUT2D eigenvalue weighted by Crippen LogP contribution is 2.14. The fraction of sp³-hybridized carbons (Fsp3) is 0.273. The van der Waals surface area contributed by atoms with Gasteiger partial charge >= 0.3 is 0 Å². The molecule has 0 aliphatic carbocycles. The number of hydrogen-bond donors (Lipinski definition) is 1. The van der Waals surface area contributed by atoms with E-state index in [1.807, 2.05) is 12.1 Å². The van der Waals surface area contributed by atoms with Crippen molar-refractivity contribution in [3.05, 3.63) is 41.2 Å². The van der Waals surface area contributed by atoms with E-state index in [-0.39, 0.29) is 5.82 Å². The second-order valence-corrected chi connectivity index (χ2v) is 3.25. The first-order valence-corrected chi connectivity index (χ1v) is 4.51. The molecule has 0 unspecified atom stereocenters. The van der Waals surface area contributed by atoms with Crippen molar-refractivity contribution in [2.45, 2.75) is 6.42 Å². The van der Waals surface area contributed by atoms with Crippen LogP contribution in [0.4, 0.5) is 4.39 Å². The maximum Gasteiger partial charge on any atom is 0.130 e. The Hall–Kier alpha value is -1.15. The fourth-order valence-electron chi connectivity index (χ4n) is 1.52. The average Bonchev–Trinajstić information content (AvgIpc) is 2.61. The molecule has 0 radical (unpaired) electrons. The molecule has 1 aliphatic heterocycles. The summed E-state index contributed by atoms with van der Waals surface area (Å²) in [5.41, 5.74) is 1.98. The minimum absolute atomic E-state index is 0.137. The molecule has 1 aromatic carbocycles. The van der Waals surface area contributed by atoms with E-state index < -0.39 is 0 Å². The Bertz CT molecular complexity index is 323. The minimum atomic E-state index is -0.137. The van der Waals surface area contributed by atoms with Gasteiger partial charge in [-0.2, -0.15) is 0 Å². The van der Waals surface area contributed by atoms with E-state index >= 15 is 0 Å². The zero-order chi connectivity index (χ0) is 9.10. The highest BCUT2D eigenvalue weighted by molar-refractivity contribution is 5.54. The lowest BCUT2D eigenvalue weighted by atomic mass is 10.1. The van der Waals surface area contributed by atoms with Crippen LogP contribution in [0, 0.1) is 5.82 Å². The van der Waals surface area contributed by atoms with Gasteiger partial charge in [0.05, 0.1) is 0 Å². The van der Waals surface area contributed by atoms with Crippen LogP contribution in [-0.4, -0.2) is 13.1 Å². The minimum Gasteiger partial charge on any atom is -0.313 e. The largest absolute Gasteiger partial charge is 0.313 e. The standard InChI is InChI=1S/C11H12FN/c12-11-4-2-1-3-10(11)7-9-5-6-13-8-9/h1-4,7,13H,5-6,8H2. The Morgan fingerprint density at radius 1 is 1.31 bits per heavy atom. The number of benzene rings is 1. The maximum atomic E-state index is 13.2. The van der Waals surface area contributed by atoms with Crippen LogP contribution in [0.3, 0.4) is 0 Å². The van der Waals surface area contributed by atoms with Crippen molar-refractivity contribution in [1.82, 2.24) is 5.32 Å². The molecule has 0 amide bonds. The summed E-state index contributed by atoms with van der Waals surface area (Å²) in [4.78, 5) is 0. The van der Waals surface area contributed by atoms with E-state index in [0.29, 0.717) is 5.56 Å². The fourth-order valence-corrected chi connectivity index (χ4v) is 1.52. The van der Waals surface area contributed by atoms with Crippen LogP contribution >= 0.6 is 0 Å². The SMILES string of the molecule is Fc1ccccc1C=C1CCNC1. The first-order valence-electron chi connectivity index (χ1n) is 4.51. The van der Waals surface area contributed by atoms with Crippen molar-refractivity contribution < 1.29 is 4.39 Å². The molecule has 1 heterocycles. The molecule has 1 fully saturated rings. The molecule has 1 saturated heterocycles. The highest BCUT2D eigenvalue weighted by atomic mass is 19.1. The number of nitrogens with one attached hydrogen (secondary N) is 1. The average molecular weight is 177 g/mol. The zero-order valence-electron chi connectivity index (χ0n) is 7.39. The number of hydrogen-bond acceptors (Lipinski definition) is 1. The van der Waals surface area contributed by atoms with Crippen LogP contribution in [0.1, 0.15) is 12.0 Å². The summed E-state index contributed by atoms with van der Waals surface area (Å²) >= 11 is 0. The van der Waals surface area contributed by atoms with Gasteiger partial charge in [0.25, 0.3) is 0 Å². The molecular formula is C11H12FN. The summed E-state index contributed by atoms with van der Waals surface area (Å²) in [5, 5.41) is 3.22. The predicted molar refractivity (Wildman–Crippen MR) is 51.9 cm³/mol. The smallest absolute Gasteiger partial charge is 0.130 e. The van der Waals surface area contributed by atoms with Gasteiger partial charge in [-0.15, -0.1) is 0 Å². The predicted octanol–water partition coefficient (Wildman–Crippen LogP) is 2.20. The molecule has 0 atom stereocenters. The maximum absolute atomic E-state index is 13.2. The van der Waals surface area contributed by atoms with Gasteiger partial charge in [-0.05, 0) is 19.0 Å². The van der Waals surface area contributed by atoms with Crippen LogP contribution in [-0.2, 0) is 0 Å². The number of halogens is 1. The third kappa shape index (κ3) is 1.95. The van der Waals surface area contributed by atoms with Crippen LogP contribution < -0.4 is 5.32 Å². The second-order valence-electron chi connectivity index (χ2n) is 3.25. The molecule has 1 nitrogen and oxygen atoms in total. The Kier molecular flexibility index (Phi) is 2.41. The first kappa shape index (κ1) is 8.45. The topological polar surface area (TPSA) is 12.0 Å². The molecule has 2 rings (SSSR count). The third-order valence-electron chi connectivity index (χ3n) is 2.24. The van der Waals surface area contributed by atoms with E-state index in [0.717, 1.165) is 19.5 Å². The molecule has 1 N–H and O–H groups in total. The Labute approximate surface area is 77.3 Å². The Morgan fingerprint density at radius 3 is 2.85 bits per heavy atom. The molecule has 1 aromatic rings. The molecule has 13 heavy (non-hydrogen) atoms. The lowest BCUT2D eigenvalue weighted by Crippen LogP contribution is -2.04. The van der Waals surface area contributed by atoms with Crippen LogP contribution in [0.15, 0.2) is 29.8 Å². The monoisotopic (exact) mass is 177 g/mol. The molecule has 2 heteroatoms. The van der Waals surface area contributed by atoms with Gasteiger partial charge in [0.15, 0.2) is 0 Å². The summed E-state index contributed by atoms with van der Waals surface area (Å²) in [6.45, 7) is 1.91. The van der Waals surface area contributed by atoms with Crippen molar-refractivity contribution in [2.24, 2.45) is 0 Å². The van der Waals surface area contributed by atoms with E-state index in [1.54, 1.807) is 12.1 Å². The van der Waals surface area contributed by atoms with Crippen molar-refractivity contribution in [1.29, 1.82) is 0 Å². The van der Waals surface area contributed by atoms with Crippen molar-refractivity contribution >= 4 is 6.08 Å². The highest BCUT2D eigenvalue weighted by Gasteiger charge is 2.06. The summed E-state index contributed by atoms with van der Waals surface area (Å²) in [7, 11) is 0. The van der Waals surface area contributed by atoms with Crippen molar-refractivity contribution in [3.8, 4) is 0 Å². The zero-order valence-corrected chi connectivity index (χ0v) is 7.39. The van der Waals surface area contributed by atoms with Crippen LogP contribution in [0.5, 0.6) is 0 Å². The lowest BCUT2D eigenvalue weighted by molar-refractivity contribution is 0.625. The van der Waals surface area contributed by atoms with E-state index in [9.17, 15) is 4.39 Å². The van der Waals surface area contributed by atoms with Gasteiger partial charge in [-0.3, -0.25) is 0 Å². The third-order valence-corrected chi connectivity index (χ3v) is 2.24. The normalized spacial score (nSPS) is 19.6. The molecule has 68 valence electrons. The van der Waals surface area contributed by atoms with Gasteiger partial charge < -0.3 is 5.32 Å². The van der Waals surface area contributed by atoms with Crippen molar-refractivity contribution in [2.75, 3.05) is 13.1 Å². The first-order chi connectivity index (χ1) is 6.36. The molecule has 0 spiro atoms. The second kappa shape index (κ2) is 3.71. The molecule has 0 bridgehead atoms. The van der Waals surface area contributed by atoms with E-state index in [1.165, 1.54) is 11.6 Å². The number of rotatable bonds is 1. The van der Waals surface area contributed by atoms with E-state index in [4.69, 9.17) is 0 Å². The van der Waals surface area contributed by atoms with Crippen LogP contribution in [0.25, 0.3) is 6.08 Å². The van der Waals surface area contributed by atoms with Gasteiger partial charge in [0.2, 0.25) is 0 Å². The van der Waals surface area contributed by atoms with Gasteiger partial charge in [0.1, 0.15) is 5.82 Å². The summed E-state index contributed by atoms with van der Waals surface area (Å²) in [5.74, 6) is -0.137. The van der Waals surface area contributed by atoms with Gasteiger partial charge in [-0.25, -0.2) is 4.39 Å². The summed E-state index contributed by atoms with van der Waals surface area (Å²) in [6, 6.07) is 6.87. The molecule has 0 saturated carbocycles. The molecular weight excluding hydrogens is 165 g/mol. The molecule has 1 aliphatic rings. The quantitative estimate of drug-likeness (QED) is 0.693. The summed E-state index contributed by atoms with van der Waals surface area (Å²) in [6.07, 6.45) is 2.98. The van der Waals surface area contributed by atoms with Crippen molar-refractivity contribution in [3.63, 3.8) is 0 Å². The van der Waals surface area contributed by atoms with E-state index in [2.05, 4.69) is 5.32 Å². The lowest BCUT2D eigenvalue weighted by Gasteiger charge is -1.97. The Balaban J connectivity index is 2.25. The van der Waals surface area contributed by atoms with Gasteiger partial charge in [0, 0.05) is 12.1 Å². The Morgan fingerprint density at radius 2 is 2.15 bits per heavy atom. The molecule has 0 aromatic heterocycles. The summed E-state index contributed by atoms with van der Waals surface area (Å²) < 4.78 is 13.2.